The van der Waals surface area contributed by atoms with Crippen LogP contribution >= 0.6 is 0 Å². The second-order valence-electron chi connectivity index (χ2n) is 5.35. The lowest BCUT2D eigenvalue weighted by Crippen LogP contribution is -2.30. The van der Waals surface area contributed by atoms with E-state index in [0.29, 0.717) is 12.5 Å². The quantitative estimate of drug-likeness (QED) is 0.915. The highest BCUT2D eigenvalue weighted by molar-refractivity contribution is 5.42. The average molecular weight is 299 g/mol. The largest absolute Gasteiger partial charge is 0.496 e. The fourth-order valence-corrected chi connectivity index (χ4v) is 2.67. The number of benzene rings is 1. The summed E-state index contributed by atoms with van der Waals surface area (Å²) in [6.45, 7) is 2.70. The number of anilines is 2. The maximum atomic E-state index is 5.35. The van der Waals surface area contributed by atoms with E-state index in [1.165, 1.54) is 19.3 Å². The van der Waals surface area contributed by atoms with Crippen LogP contribution in [0.4, 0.5) is 11.8 Å². The van der Waals surface area contributed by atoms with Gasteiger partial charge in [-0.2, -0.15) is 10.1 Å². The van der Waals surface area contributed by atoms with Crippen molar-refractivity contribution < 1.29 is 4.74 Å². The summed E-state index contributed by atoms with van der Waals surface area (Å²) in [6, 6.07) is 7.91. The van der Waals surface area contributed by atoms with E-state index in [1.54, 1.807) is 13.3 Å². The lowest BCUT2D eigenvalue weighted by atomic mass is 10.1. The maximum absolute atomic E-state index is 5.35. The summed E-state index contributed by atoms with van der Waals surface area (Å²) in [5.41, 5.74) is 1.07. The summed E-state index contributed by atoms with van der Waals surface area (Å²) >= 11 is 0. The Morgan fingerprint density at radius 2 is 2.00 bits per heavy atom. The fourth-order valence-electron chi connectivity index (χ4n) is 2.67. The van der Waals surface area contributed by atoms with Crippen molar-refractivity contribution >= 4 is 11.8 Å². The van der Waals surface area contributed by atoms with Crippen molar-refractivity contribution in [3.05, 3.63) is 36.0 Å². The smallest absolute Gasteiger partial charge is 0.244 e. The molecular weight excluding hydrogens is 278 g/mol. The second-order valence-corrected chi connectivity index (χ2v) is 5.35. The summed E-state index contributed by atoms with van der Waals surface area (Å²) < 4.78 is 5.35. The Hall–Kier alpha value is -2.37. The summed E-state index contributed by atoms with van der Waals surface area (Å²) in [4.78, 5) is 6.84. The molecule has 116 valence electrons. The molecule has 0 saturated carbocycles. The number of para-hydroxylation sites is 1. The third kappa shape index (κ3) is 3.44. The van der Waals surface area contributed by atoms with Crippen molar-refractivity contribution in [2.45, 2.75) is 25.8 Å². The van der Waals surface area contributed by atoms with Gasteiger partial charge in [0.15, 0.2) is 5.82 Å². The van der Waals surface area contributed by atoms with Gasteiger partial charge < -0.3 is 15.0 Å². The highest BCUT2D eigenvalue weighted by atomic mass is 16.5. The van der Waals surface area contributed by atoms with Crippen LogP contribution in [-0.2, 0) is 6.54 Å². The van der Waals surface area contributed by atoms with E-state index in [4.69, 9.17) is 4.74 Å². The zero-order valence-electron chi connectivity index (χ0n) is 12.8. The number of methoxy groups -OCH3 is 1. The molecule has 22 heavy (non-hydrogen) atoms. The molecule has 1 saturated heterocycles. The second kappa shape index (κ2) is 7.06. The third-order valence-electron chi connectivity index (χ3n) is 3.86. The van der Waals surface area contributed by atoms with Gasteiger partial charge in [-0.25, -0.2) is 0 Å². The van der Waals surface area contributed by atoms with Crippen molar-refractivity contribution in [1.29, 1.82) is 0 Å². The molecule has 1 N–H and O–H groups in total. The Bertz CT molecular complexity index is 613. The number of piperidine rings is 1. The number of aromatic nitrogens is 3. The Labute approximate surface area is 130 Å². The molecule has 1 aliphatic heterocycles. The normalized spacial score (nSPS) is 14.7. The van der Waals surface area contributed by atoms with Gasteiger partial charge in [0.1, 0.15) is 5.75 Å². The van der Waals surface area contributed by atoms with Gasteiger partial charge in [-0.15, -0.1) is 5.10 Å². The van der Waals surface area contributed by atoms with Crippen LogP contribution in [0.1, 0.15) is 24.8 Å². The van der Waals surface area contributed by atoms with Gasteiger partial charge in [-0.3, -0.25) is 0 Å². The molecule has 0 bridgehead atoms. The van der Waals surface area contributed by atoms with Crippen LogP contribution in [0, 0.1) is 0 Å². The highest BCUT2D eigenvalue weighted by Crippen LogP contribution is 2.19. The van der Waals surface area contributed by atoms with E-state index < -0.39 is 0 Å². The minimum Gasteiger partial charge on any atom is -0.496 e. The summed E-state index contributed by atoms with van der Waals surface area (Å²) in [7, 11) is 1.67. The molecule has 1 aromatic carbocycles. The molecular formula is C16H21N5O. The van der Waals surface area contributed by atoms with Gasteiger partial charge in [0.25, 0.3) is 0 Å². The standard InChI is InChI=1S/C16H21N5O/c1-22-14-8-4-3-7-13(14)11-17-16-19-15(12-18-20-16)21-9-5-2-6-10-21/h3-4,7-8,12H,2,5-6,9-11H2,1H3,(H,17,19,20). The van der Waals surface area contributed by atoms with Crippen LogP contribution in [0.5, 0.6) is 5.75 Å². The molecule has 0 atom stereocenters. The van der Waals surface area contributed by atoms with E-state index in [-0.39, 0.29) is 0 Å². The number of rotatable bonds is 5. The van der Waals surface area contributed by atoms with Gasteiger partial charge in [-0.1, -0.05) is 18.2 Å². The number of nitrogens with zero attached hydrogens (tertiary/aromatic N) is 4. The van der Waals surface area contributed by atoms with Gasteiger partial charge in [0.05, 0.1) is 13.3 Å². The Kier molecular flexibility index (Phi) is 4.68. The Morgan fingerprint density at radius 1 is 1.18 bits per heavy atom. The van der Waals surface area contributed by atoms with E-state index in [0.717, 1.165) is 30.2 Å². The van der Waals surface area contributed by atoms with Crippen LogP contribution in [0.25, 0.3) is 0 Å². The first-order valence-corrected chi connectivity index (χ1v) is 7.67. The van der Waals surface area contributed by atoms with E-state index >= 15 is 0 Å². The lowest BCUT2D eigenvalue weighted by molar-refractivity contribution is 0.410. The Balaban J connectivity index is 1.67. The van der Waals surface area contributed by atoms with Crippen molar-refractivity contribution in [2.75, 3.05) is 30.4 Å². The fraction of sp³-hybridized carbons (Fsp3) is 0.438. The molecule has 1 aliphatic rings. The number of hydrogen-bond donors (Lipinski definition) is 1. The average Bonchev–Trinajstić information content (AvgIpc) is 2.61. The molecule has 0 spiro atoms. The molecule has 0 unspecified atom stereocenters. The van der Waals surface area contributed by atoms with Gasteiger partial charge in [0, 0.05) is 25.2 Å². The van der Waals surface area contributed by atoms with Crippen molar-refractivity contribution in [2.24, 2.45) is 0 Å². The molecule has 1 aromatic heterocycles. The molecule has 0 aliphatic carbocycles. The molecule has 1 fully saturated rings. The molecule has 3 rings (SSSR count). The van der Waals surface area contributed by atoms with Gasteiger partial charge in [-0.05, 0) is 25.3 Å². The summed E-state index contributed by atoms with van der Waals surface area (Å²) in [6.07, 6.45) is 5.47. The van der Waals surface area contributed by atoms with Crippen LogP contribution in [0.15, 0.2) is 30.5 Å². The maximum Gasteiger partial charge on any atom is 0.244 e. The summed E-state index contributed by atoms with van der Waals surface area (Å²) in [5, 5.41) is 11.4. The first kappa shape index (κ1) is 14.6. The molecule has 6 heteroatoms. The Morgan fingerprint density at radius 3 is 2.82 bits per heavy atom. The van der Waals surface area contributed by atoms with E-state index in [2.05, 4.69) is 25.4 Å². The minimum absolute atomic E-state index is 0.550. The van der Waals surface area contributed by atoms with Gasteiger partial charge >= 0.3 is 0 Å². The van der Waals surface area contributed by atoms with Crippen LogP contribution < -0.4 is 15.0 Å². The highest BCUT2D eigenvalue weighted by Gasteiger charge is 2.13. The predicted octanol–water partition coefficient (Wildman–Crippen LogP) is 2.48. The molecule has 6 nitrogen and oxygen atoms in total. The zero-order chi connectivity index (χ0) is 15.2. The van der Waals surface area contributed by atoms with Crippen molar-refractivity contribution in [3.63, 3.8) is 0 Å². The van der Waals surface area contributed by atoms with Crippen LogP contribution in [0.2, 0.25) is 0 Å². The SMILES string of the molecule is COc1ccccc1CNc1nncc(N2CCCCC2)n1. The monoisotopic (exact) mass is 299 g/mol. The molecule has 2 heterocycles. The van der Waals surface area contributed by atoms with E-state index in [9.17, 15) is 0 Å². The number of ether oxygens (including phenoxy) is 1. The van der Waals surface area contributed by atoms with Crippen LogP contribution in [-0.4, -0.2) is 35.4 Å². The topological polar surface area (TPSA) is 63.2 Å². The first-order chi connectivity index (χ1) is 10.9. The van der Waals surface area contributed by atoms with Crippen LogP contribution in [0.3, 0.4) is 0 Å². The number of hydrogen-bond acceptors (Lipinski definition) is 6. The van der Waals surface area contributed by atoms with Crippen molar-refractivity contribution in [1.82, 2.24) is 15.2 Å². The van der Waals surface area contributed by atoms with Gasteiger partial charge in [0.2, 0.25) is 5.95 Å². The molecule has 0 radical (unpaired) electrons. The third-order valence-corrected chi connectivity index (χ3v) is 3.86. The molecule has 0 amide bonds. The summed E-state index contributed by atoms with van der Waals surface area (Å²) in [5.74, 6) is 2.31. The zero-order valence-corrected chi connectivity index (χ0v) is 12.8. The lowest BCUT2D eigenvalue weighted by Gasteiger charge is -2.27. The van der Waals surface area contributed by atoms with E-state index in [1.807, 2.05) is 24.3 Å². The first-order valence-electron chi connectivity index (χ1n) is 7.67. The minimum atomic E-state index is 0.550. The predicted molar refractivity (Wildman–Crippen MR) is 86.2 cm³/mol. The van der Waals surface area contributed by atoms with Crippen molar-refractivity contribution in [3.8, 4) is 5.75 Å². The number of nitrogens with one attached hydrogen (secondary N) is 1. The molecule has 2 aromatic rings.